The standard InChI is InChI=1S/C24H23ClN2O/c1-28-24-9-5-2-6-19(24)14-26-15-20-17-27(23-8-4-3-7-22(20)23)16-18-10-12-21(25)13-11-18/h2-13,17,26H,14-16H2,1H3. The van der Waals surface area contributed by atoms with Crippen LogP contribution >= 0.6 is 11.6 Å². The molecule has 4 rings (SSSR count). The van der Waals surface area contributed by atoms with E-state index < -0.39 is 0 Å². The van der Waals surface area contributed by atoms with Crippen LogP contribution in [0.25, 0.3) is 10.9 Å². The Bertz CT molecular complexity index is 1070. The molecule has 0 aliphatic carbocycles. The first-order valence-electron chi connectivity index (χ1n) is 9.38. The number of halogens is 1. The van der Waals surface area contributed by atoms with Crippen molar-refractivity contribution in [2.24, 2.45) is 0 Å². The van der Waals surface area contributed by atoms with Crippen molar-refractivity contribution in [3.8, 4) is 5.75 Å². The van der Waals surface area contributed by atoms with Crippen molar-refractivity contribution >= 4 is 22.5 Å². The van der Waals surface area contributed by atoms with E-state index in [9.17, 15) is 0 Å². The lowest BCUT2D eigenvalue weighted by Crippen LogP contribution is -2.13. The van der Waals surface area contributed by atoms with Crippen LogP contribution in [0.4, 0.5) is 0 Å². The molecule has 0 unspecified atom stereocenters. The van der Waals surface area contributed by atoms with Crippen LogP contribution in [0.3, 0.4) is 0 Å². The minimum Gasteiger partial charge on any atom is -0.496 e. The highest BCUT2D eigenvalue weighted by atomic mass is 35.5. The molecule has 0 atom stereocenters. The van der Waals surface area contributed by atoms with E-state index in [2.05, 4.69) is 58.5 Å². The number of hydrogen-bond acceptors (Lipinski definition) is 2. The first-order valence-corrected chi connectivity index (χ1v) is 9.76. The first kappa shape index (κ1) is 18.6. The van der Waals surface area contributed by atoms with Crippen molar-refractivity contribution < 1.29 is 4.74 Å². The maximum atomic E-state index is 6.02. The van der Waals surface area contributed by atoms with Crippen LogP contribution < -0.4 is 10.1 Å². The largest absolute Gasteiger partial charge is 0.496 e. The Morgan fingerprint density at radius 1 is 0.857 bits per heavy atom. The molecule has 1 N–H and O–H groups in total. The van der Waals surface area contributed by atoms with Crippen molar-refractivity contribution in [1.82, 2.24) is 9.88 Å². The fraction of sp³-hybridized carbons (Fsp3) is 0.167. The molecule has 28 heavy (non-hydrogen) atoms. The van der Waals surface area contributed by atoms with E-state index in [1.54, 1.807) is 7.11 Å². The number of aromatic nitrogens is 1. The van der Waals surface area contributed by atoms with E-state index >= 15 is 0 Å². The third-order valence-electron chi connectivity index (χ3n) is 4.96. The molecular weight excluding hydrogens is 368 g/mol. The fourth-order valence-corrected chi connectivity index (χ4v) is 3.69. The second-order valence-corrected chi connectivity index (χ2v) is 7.28. The van der Waals surface area contributed by atoms with Gasteiger partial charge in [0.15, 0.2) is 0 Å². The Morgan fingerprint density at radius 2 is 1.57 bits per heavy atom. The van der Waals surface area contributed by atoms with Gasteiger partial charge in [-0.1, -0.05) is 60.1 Å². The number of rotatable bonds is 7. The second-order valence-electron chi connectivity index (χ2n) is 6.84. The molecule has 0 aliphatic heterocycles. The van der Waals surface area contributed by atoms with Crippen LogP contribution in [0, 0.1) is 0 Å². The molecule has 0 spiro atoms. The lowest BCUT2D eigenvalue weighted by atomic mass is 10.1. The molecule has 3 aromatic carbocycles. The Kier molecular flexibility index (Phi) is 5.65. The second kappa shape index (κ2) is 8.51. The Balaban J connectivity index is 1.53. The van der Waals surface area contributed by atoms with Crippen LogP contribution in [0.2, 0.25) is 5.02 Å². The summed E-state index contributed by atoms with van der Waals surface area (Å²) in [5.74, 6) is 0.917. The van der Waals surface area contributed by atoms with E-state index in [4.69, 9.17) is 16.3 Å². The predicted octanol–water partition coefficient (Wildman–Crippen LogP) is 5.64. The van der Waals surface area contributed by atoms with E-state index in [-0.39, 0.29) is 0 Å². The highest BCUT2D eigenvalue weighted by Gasteiger charge is 2.09. The fourth-order valence-electron chi connectivity index (χ4n) is 3.56. The van der Waals surface area contributed by atoms with E-state index in [0.29, 0.717) is 0 Å². The summed E-state index contributed by atoms with van der Waals surface area (Å²) in [5.41, 5.74) is 4.93. The SMILES string of the molecule is COc1ccccc1CNCc1cn(Cc2ccc(Cl)cc2)c2ccccc12. The Labute approximate surface area is 170 Å². The Morgan fingerprint density at radius 3 is 2.39 bits per heavy atom. The zero-order valence-electron chi connectivity index (χ0n) is 15.9. The van der Waals surface area contributed by atoms with Gasteiger partial charge in [0.25, 0.3) is 0 Å². The number of hydrogen-bond donors (Lipinski definition) is 1. The summed E-state index contributed by atoms with van der Waals surface area (Å²) in [6.07, 6.45) is 2.24. The van der Waals surface area contributed by atoms with Gasteiger partial charge in [0.05, 0.1) is 7.11 Å². The van der Waals surface area contributed by atoms with Gasteiger partial charge in [-0.3, -0.25) is 0 Å². The molecule has 4 aromatic rings. The molecule has 0 fully saturated rings. The number of benzene rings is 3. The number of para-hydroxylation sites is 2. The number of ether oxygens (including phenoxy) is 1. The zero-order valence-corrected chi connectivity index (χ0v) is 16.6. The number of methoxy groups -OCH3 is 1. The third-order valence-corrected chi connectivity index (χ3v) is 5.21. The molecule has 0 bridgehead atoms. The first-order chi connectivity index (χ1) is 13.7. The van der Waals surface area contributed by atoms with E-state index in [1.165, 1.54) is 22.0 Å². The normalized spacial score (nSPS) is 11.1. The molecule has 0 amide bonds. The maximum Gasteiger partial charge on any atom is 0.123 e. The maximum absolute atomic E-state index is 6.02. The minimum absolute atomic E-state index is 0.765. The predicted molar refractivity (Wildman–Crippen MR) is 116 cm³/mol. The summed E-state index contributed by atoms with van der Waals surface area (Å²) < 4.78 is 7.75. The summed E-state index contributed by atoms with van der Waals surface area (Å²) in [4.78, 5) is 0. The van der Waals surface area contributed by atoms with Gasteiger partial charge in [-0.25, -0.2) is 0 Å². The van der Waals surface area contributed by atoms with Crippen molar-refractivity contribution in [1.29, 1.82) is 0 Å². The van der Waals surface area contributed by atoms with Gasteiger partial charge >= 0.3 is 0 Å². The van der Waals surface area contributed by atoms with E-state index in [0.717, 1.165) is 36.0 Å². The monoisotopic (exact) mass is 390 g/mol. The van der Waals surface area contributed by atoms with Gasteiger partial charge in [-0.15, -0.1) is 0 Å². The van der Waals surface area contributed by atoms with Crippen LogP contribution in [0.15, 0.2) is 79.0 Å². The van der Waals surface area contributed by atoms with Crippen LogP contribution in [0.5, 0.6) is 5.75 Å². The molecule has 0 radical (unpaired) electrons. The van der Waals surface area contributed by atoms with Crippen LogP contribution in [-0.2, 0) is 19.6 Å². The van der Waals surface area contributed by atoms with Crippen molar-refractivity contribution in [3.63, 3.8) is 0 Å². The molecule has 142 valence electrons. The summed E-state index contributed by atoms with van der Waals surface area (Å²) in [6, 6.07) is 24.7. The molecule has 4 heteroatoms. The summed E-state index contributed by atoms with van der Waals surface area (Å²) >= 11 is 6.02. The lowest BCUT2D eigenvalue weighted by molar-refractivity contribution is 0.407. The Hall–Kier alpha value is -2.75. The minimum atomic E-state index is 0.765. The number of nitrogens with zero attached hydrogens (tertiary/aromatic N) is 1. The highest BCUT2D eigenvalue weighted by Crippen LogP contribution is 2.23. The quantitative estimate of drug-likeness (QED) is 0.442. The molecule has 1 aromatic heterocycles. The average molecular weight is 391 g/mol. The number of fused-ring (bicyclic) bond motifs is 1. The van der Waals surface area contributed by atoms with Crippen LogP contribution in [-0.4, -0.2) is 11.7 Å². The molecule has 0 saturated carbocycles. The summed E-state index contributed by atoms with van der Waals surface area (Å²) in [6.45, 7) is 2.39. The zero-order chi connectivity index (χ0) is 19.3. The van der Waals surface area contributed by atoms with Gasteiger partial charge in [0.1, 0.15) is 5.75 Å². The molecule has 0 saturated heterocycles. The third kappa shape index (κ3) is 4.06. The van der Waals surface area contributed by atoms with Gasteiger partial charge < -0.3 is 14.6 Å². The van der Waals surface area contributed by atoms with Gasteiger partial charge in [-0.05, 0) is 35.4 Å². The van der Waals surface area contributed by atoms with Crippen molar-refractivity contribution in [2.75, 3.05) is 7.11 Å². The van der Waals surface area contributed by atoms with Crippen molar-refractivity contribution in [3.05, 3.63) is 101 Å². The van der Waals surface area contributed by atoms with Gasteiger partial charge in [-0.2, -0.15) is 0 Å². The number of nitrogens with one attached hydrogen (secondary N) is 1. The smallest absolute Gasteiger partial charge is 0.123 e. The molecular formula is C24H23ClN2O. The molecule has 1 heterocycles. The van der Waals surface area contributed by atoms with Gasteiger partial charge in [0.2, 0.25) is 0 Å². The summed E-state index contributed by atoms with van der Waals surface area (Å²) in [5, 5.41) is 5.61. The molecule has 0 aliphatic rings. The topological polar surface area (TPSA) is 26.2 Å². The van der Waals surface area contributed by atoms with Gasteiger partial charge in [0, 0.05) is 47.3 Å². The highest BCUT2D eigenvalue weighted by molar-refractivity contribution is 6.30. The molecule has 3 nitrogen and oxygen atoms in total. The summed E-state index contributed by atoms with van der Waals surface area (Å²) in [7, 11) is 1.71. The van der Waals surface area contributed by atoms with Crippen LogP contribution in [0.1, 0.15) is 16.7 Å². The average Bonchev–Trinajstić information content (AvgIpc) is 3.08. The van der Waals surface area contributed by atoms with E-state index in [1.807, 2.05) is 30.3 Å². The van der Waals surface area contributed by atoms with Crippen molar-refractivity contribution in [2.45, 2.75) is 19.6 Å². The lowest BCUT2D eigenvalue weighted by Gasteiger charge is -2.09.